The molecule has 1 saturated carbocycles. The number of aliphatic imine (C=N–C) groups is 1. The summed E-state index contributed by atoms with van der Waals surface area (Å²) in [5.74, 6) is 0.693. The summed E-state index contributed by atoms with van der Waals surface area (Å²) in [5.41, 5.74) is 4.16. The summed E-state index contributed by atoms with van der Waals surface area (Å²) in [4.78, 5) is 8.52. The minimum absolute atomic E-state index is 0.406. The van der Waals surface area contributed by atoms with Crippen molar-refractivity contribution in [2.24, 2.45) is 16.3 Å². The molecular weight excluding hydrogens is 349 g/mol. The molecule has 1 aliphatic carbocycles. The van der Waals surface area contributed by atoms with Crippen LogP contribution in [-0.4, -0.2) is 24.3 Å². The zero-order chi connectivity index (χ0) is 20.3. The number of anilines is 1. The number of benzene rings is 1. The first kappa shape index (κ1) is 20.2. The molecule has 1 N–H and O–H groups in total. The Morgan fingerprint density at radius 1 is 1.21 bits per heavy atom. The Hall–Kier alpha value is -2.49. The molecule has 1 heterocycles. The third kappa shape index (κ3) is 4.49. The normalized spacial score (nSPS) is 18.9. The first-order chi connectivity index (χ1) is 13.3. The highest BCUT2D eigenvalue weighted by Gasteiger charge is 2.30. The van der Waals surface area contributed by atoms with Gasteiger partial charge in [-0.05, 0) is 55.2 Å². The van der Waals surface area contributed by atoms with Gasteiger partial charge in [-0.15, -0.1) is 0 Å². The Morgan fingerprint density at radius 3 is 2.50 bits per heavy atom. The molecule has 3 nitrogen and oxygen atoms in total. The van der Waals surface area contributed by atoms with E-state index < -0.39 is 5.95 Å². The van der Waals surface area contributed by atoms with Crippen molar-refractivity contribution < 1.29 is 4.39 Å². The van der Waals surface area contributed by atoms with Gasteiger partial charge in [0.1, 0.15) is 5.82 Å². The quantitative estimate of drug-likeness (QED) is 0.497. The fraction of sp³-hybridized carbons (Fsp3) is 0.417. The second kappa shape index (κ2) is 8.26. The van der Waals surface area contributed by atoms with Crippen LogP contribution in [0.1, 0.15) is 56.7 Å². The number of pyridine rings is 1. The van der Waals surface area contributed by atoms with Crippen LogP contribution in [-0.2, 0) is 0 Å². The topological polar surface area (TPSA) is 37.3 Å². The van der Waals surface area contributed by atoms with Gasteiger partial charge in [-0.3, -0.25) is 4.99 Å². The molecule has 0 aliphatic heterocycles. The van der Waals surface area contributed by atoms with Crippen LogP contribution in [0.15, 0.2) is 48.0 Å². The predicted octanol–water partition coefficient (Wildman–Crippen LogP) is 5.96. The molecule has 2 aromatic rings. The van der Waals surface area contributed by atoms with Crippen LogP contribution in [0.5, 0.6) is 0 Å². The summed E-state index contributed by atoms with van der Waals surface area (Å²) in [6.45, 7) is 11.4. The van der Waals surface area contributed by atoms with Gasteiger partial charge < -0.3 is 5.32 Å². The molecule has 0 amide bonds. The number of nitrogens with zero attached hydrogens (tertiary/aromatic N) is 2. The highest BCUT2D eigenvalue weighted by molar-refractivity contribution is 6.15. The number of rotatable bonds is 6. The summed E-state index contributed by atoms with van der Waals surface area (Å²) in [6, 6.07) is 11.4. The van der Waals surface area contributed by atoms with Crippen LogP contribution in [0.4, 0.5) is 10.2 Å². The zero-order valence-corrected chi connectivity index (χ0v) is 17.3. The van der Waals surface area contributed by atoms with E-state index in [0.29, 0.717) is 28.4 Å². The average molecular weight is 380 g/mol. The fourth-order valence-electron chi connectivity index (χ4n) is 4.16. The lowest BCUT2D eigenvalue weighted by atomic mass is 9.90. The van der Waals surface area contributed by atoms with Crippen LogP contribution < -0.4 is 5.32 Å². The number of allylic oxidation sites excluding steroid dienone is 1. The second-order valence-electron chi connectivity index (χ2n) is 8.59. The summed E-state index contributed by atoms with van der Waals surface area (Å²) < 4.78 is 14.9. The van der Waals surface area contributed by atoms with E-state index in [0.717, 1.165) is 23.2 Å². The lowest BCUT2D eigenvalue weighted by Crippen LogP contribution is -2.15. The van der Waals surface area contributed by atoms with Crippen LogP contribution in [0, 0.1) is 17.3 Å². The van der Waals surface area contributed by atoms with E-state index in [1.54, 1.807) is 13.1 Å². The largest absolute Gasteiger partial charge is 0.370 e. The molecule has 3 rings (SSSR count). The van der Waals surface area contributed by atoms with Crippen molar-refractivity contribution in [3.8, 4) is 0 Å². The number of nitrogens with one attached hydrogen (secondary N) is 1. The van der Waals surface area contributed by atoms with Crippen molar-refractivity contribution >= 4 is 17.1 Å². The van der Waals surface area contributed by atoms with Crippen molar-refractivity contribution in [1.29, 1.82) is 0 Å². The minimum Gasteiger partial charge on any atom is -0.370 e. The lowest BCUT2D eigenvalue weighted by Gasteiger charge is -2.18. The van der Waals surface area contributed by atoms with Gasteiger partial charge >= 0.3 is 0 Å². The van der Waals surface area contributed by atoms with E-state index in [1.807, 2.05) is 37.3 Å². The molecule has 28 heavy (non-hydrogen) atoms. The van der Waals surface area contributed by atoms with Crippen LogP contribution >= 0.6 is 0 Å². The van der Waals surface area contributed by atoms with E-state index in [1.165, 1.54) is 19.3 Å². The predicted molar refractivity (Wildman–Crippen MR) is 117 cm³/mol. The molecule has 1 atom stereocenters. The molecule has 0 spiro atoms. The van der Waals surface area contributed by atoms with Crippen molar-refractivity contribution in [1.82, 2.24) is 4.98 Å². The Bertz CT molecular complexity index is 898. The van der Waals surface area contributed by atoms with Gasteiger partial charge in [-0.2, -0.15) is 4.39 Å². The fourth-order valence-corrected chi connectivity index (χ4v) is 4.16. The minimum atomic E-state index is -0.506. The first-order valence-electron chi connectivity index (χ1n) is 9.93. The monoisotopic (exact) mass is 379 g/mol. The molecule has 148 valence electrons. The number of hydrogen-bond acceptors (Lipinski definition) is 3. The Balaban J connectivity index is 1.79. The van der Waals surface area contributed by atoms with E-state index in [9.17, 15) is 4.39 Å². The maximum Gasteiger partial charge on any atom is 0.224 e. The molecule has 1 unspecified atom stereocenters. The van der Waals surface area contributed by atoms with E-state index >= 15 is 0 Å². The Kier molecular flexibility index (Phi) is 5.97. The maximum atomic E-state index is 14.9. The van der Waals surface area contributed by atoms with E-state index in [-0.39, 0.29) is 0 Å². The van der Waals surface area contributed by atoms with Crippen molar-refractivity contribution in [2.45, 2.75) is 40.0 Å². The third-order valence-electron chi connectivity index (χ3n) is 5.61. The highest BCUT2D eigenvalue weighted by Crippen LogP contribution is 2.40. The number of hydrogen-bond donors (Lipinski definition) is 1. The van der Waals surface area contributed by atoms with Gasteiger partial charge in [0.25, 0.3) is 0 Å². The SMILES string of the molecule is C=C(C)c1ccccc1C(=NC)c1ccc(NCC2CCC(C)(C)C2)nc1F. The highest BCUT2D eigenvalue weighted by atomic mass is 19.1. The first-order valence-corrected chi connectivity index (χ1v) is 9.93. The summed E-state index contributed by atoms with van der Waals surface area (Å²) in [7, 11) is 1.68. The van der Waals surface area contributed by atoms with Gasteiger partial charge in [-0.25, -0.2) is 4.98 Å². The lowest BCUT2D eigenvalue weighted by molar-refractivity contribution is 0.364. The van der Waals surface area contributed by atoms with Crippen LogP contribution in [0.25, 0.3) is 5.57 Å². The third-order valence-corrected chi connectivity index (χ3v) is 5.61. The van der Waals surface area contributed by atoms with Crippen molar-refractivity contribution in [3.05, 3.63) is 65.6 Å². The number of halogens is 1. The zero-order valence-electron chi connectivity index (χ0n) is 17.3. The molecule has 0 saturated heterocycles. The van der Waals surface area contributed by atoms with E-state index in [4.69, 9.17) is 0 Å². The molecule has 1 aromatic heterocycles. The van der Waals surface area contributed by atoms with Crippen LogP contribution in [0.3, 0.4) is 0 Å². The summed E-state index contributed by atoms with van der Waals surface area (Å²) in [6.07, 6.45) is 3.66. The standard InChI is InChI=1S/C24H30FN3/c1-16(2)18-8-6-7-9-19(18)22(26-5)20-10-11-21(28-23(20)25)27-15-17-12-13-24(3,4)14-17/h6-11,17H,1,12-15H2,2-5H3,(H,27,28). The summed E-state index contributed by atoms with van der Waals surface area (Å²) >= 11 is 0. The van der Waals surface area contributed by atoms with Gasteiger partial charge in [0.15, 0.2) is 0 Å². The van der Waals surface area contributed by atoms with E-state index in [2.05, 4.69) is 35.7 Å². The van der Waals surface area contributed by atoms with Crippen molar-refractivity contribution in [3.63, 3.8) is 0 Å². The molecule has 0 radical (unpaired) electrons. The Labute approximate surface area is 167 Å². The molecule has 1 aromatic carbocycles. The van der Waals surface area contributed by atoms with Gasteiger partial charge in [-0.1, -0.05) is 50.3 Å². The maximum absolute atomic E-state index is 14.9. The summed E-state index contributed by atoms with van der Waals surface area (Å²) in [5, 5.41) is 3.31. The number of aromatic nitrogens is 1. The van der Waals surface area contributed by atoms with Gasteiger partial charge in [0, 0.05) is 19.2 Å². The molecule has 0 bridgehead atoms. The van der Waals surface area contributed by atoms with Gasteiger partial charge in [0.2, 0.25) is 5.95 Å². The average Bonchev–Trinajstić information content (AvgIpc) is 3.01. The van der Waals surface area contributed by atoms with Gasteiger partial charge in [0.05, 0.1) is 11.3 Å². The smallest absolute Gasteiger partial charge is 0.224 e. The molecule has 1 aliphatic rings. The molecule has 1 fully saturated rings. The second-order valence-corrected chi connectivity index (χ2v) is 8.59. The van der Waals surface area contributed by atoms with Crippen LogP contribution in [0.2, 0.25) is 0 Å². The molecule has 4 heteroatoms. The molecular formula is C24H30FN3. The van der Waals surface area contributed by atoms with Crippen molar-refractivity contribution in [2.75, 3.05) is 18.9 Å². The Morgan fingerprint density at radius 2 is 1.93 bits per heavy atom.